The number of hydrogen-bond donors (Lipinski definition) is 2. The quantitative estimate of drug-likeness (QED) is 0.533. The van der Waals surface area contributed by atoms with Gasteiger partial charge in [0.2, 0.25) is 11.7 Å². The van der Waals surface area contributed by atoms with Crippen LogP contribution in [0.2, 0.25) is 0 Å². The van der Waals surface area contributed by atoms with Crippen molar-refractivity contribution in [2.45, 2.75) is 37.8 Å². The summed E-state index contributed by atoms with van der Waals surface area (Å²) in [6.45, 7) is 1.91. The van der Waals surface area contributed by atoms with E-state index in [1.165, 1.54) is 28.0 Å². The maximum Gasteiger partial charge on any atom is 0.293 e. The van der Waals surface area contributed by atoms with Gasteiger partial charge in [0, 0.05) is 17.6 Å². The van der Waals surface area contributed by atoms with Crippen molar-refractivity contribution >= 4 is 45.6 Å². The van der Waals surface area contributed by atoms with E-state index in [9.17, 15) is 14.9 Å². The van der Waals surface area contributed by atoms with Crippen molar-refractivity contribution < 1.29 is 9.59 Å². The second-order valence-corrected chi connectivity index (χ2v) is 9.55. The molecule has 0 radical (unpaired) electrons. The molecule has 0 unspecified atom stereocenters. The van der Waals surface area contributed by atoms with E-state index in [1.54, 1.807) is 11.6 Å². The topological polar surface area (TPSA) is 113 Å². The first-order valence-corrected chi connectivity index (χ1v) is 12.0. The van der Waals surface area contributed by atoms with Gasteiger partial charge >= 0.3 is 0 Å². The van der Waals surface area contributed by atoms with Crippen molar-refractivity contribution in [2.75, 3.05) is 16.4 Å². The van der Waals surface area contributed by atoms with Crippen molar-refractivity contribution in [3.63, 3.8) is 0 Å². The molecule has 164 valence electrons. The smallest absolute Gasteiger partial charge is 0.293 e. The predicted molar refractivity (Wildman–Crippen MR) is 125 cm³/mol. The molecule has 0 bridgehead atoms. The number of aryl methyl sites for hydroxylation is 2. The van der Waals surface area contributed by atoms with Gasteiger partial charge in [-0.05, 0) is 49.8 Å². The molecule has 1 aliphatic rings. The van der Waals surface area contributed by atoms with Crippen LogP contribution in [0.3, 0.4) is 0 Å². The van der Waals surface area contributed by atoms with Gasteiger partial charge in [-0.3, -0.25) is 9.59 Å². The van der Waals surface area contributed by atoms with E-state index in [4.69, 9.17) is 0 Å². The highest BCUT2D eigenvalue weighted by Crippen LogP contribution is 2.37. The van der Waals surface area contributed by atoms with Gasteiger partial charge in [-0.15, -0.1) is 21.5 Å². The Labute approximate surface area is 194 Å². The maximum atomic E-state index is 12.6. The predicted octanol–water partition coefficient (Wildman–Crippen LogP) is 3.92. The molecule has 8 nitrogen and oxygen atoms in total. The third-order valence-electron chi connectivity index (χ3n) is 5.30. The van der Waals surface area contributed by atoms with E-state index in [-0.39, 0.29) is 23.4 Å². The first-order valence-electron chi connectivity index (χ1n) is 10.2. The van der Waals surface area contributed by atoms with Gasteiger partial charge < -0.3 is 15.2 Å². The highest BCUT2D eigenvalue weighted by molar-refractivity contribution is 7.99. The molecule has 0 aliphatic heterocycles. The summed E-state index contributed by atoms with van der Waals surface area (Å²) in [5.74, 6) is -0.333. The molecule has 0 saturated carbocycles. The highest BCUT2D eigenvalue weighted by Gasteiger charge is 2.22. The number of fused-ring (bicyclic) bond motifs is 1. The number of para-hydroxylation sites is 1. The minimum atomic E-state index is -0.367. The summed E-state index contributed by atoms with van der Waals surface area (Å²) < 4.78 is 1.57. The first kappa shape index (κ1) is 22.0. The molecule has 2 amide bonds. The van der Waals surface area contributed by atoms with Crippen LogP contribution in [-0.4, -0.2) is 32.3 Å². The van der Waals surface area contributed by atoms with Gasteiger partial charge in [0.05, 0.1) is 11.3 Å². The standard InChI is InChI=1S/C22H22N6O2S2/c1-13-7-3-5-9-16(13)24-20(30)19-26-27-22(28(19)2)31-12-18(29)25-21-15(11-23)14-8-4-6-10-17(14)32-21/h3,5,7,9H,4,6,8,10,12H2,1-2H3,(H,24,30)(H,25,29). The van der Waals surface area contributed by atoms with E-state index < -0.39 is 0 Å². The fraction of sp³-hybridized carbons (Fsp3) is 0.318. The van der Waals surface area contributed by atoms with Crippen LogP contribution in [0.25, 0.3) is 0 Å². The van der Waals surface area contributed by atoms with Crippen molar-refractivity contribution in [2.24, 2.45) is 7.05 Å². The zero-order valence-electron chi connectivity index (χ0n) is 17.8. The van der Waals surface area contributed by atoms with Crippen LogP contribution in [0.1, 0.15) is 45.0 Å². The first-order chi connectivity index (χ1) is 15.5. The lowest BCUT2D eigenvalue weighted by atomic mass is 9.96. The van der Waals surface area contributed by atoms with Crippen LogP contribution >= 0.6 is 23.1 Å². The van der Waals surface area contributed by atoms with Gasteiger partial charge in [-0.2, -0.15) is 5.26 Å². The average molecular weight is 467 g/mol. The third-order valence-corrected chi connectivity index (χ3v) is 7.53. The summed E-state index contributed by atoms with van der Waals surface area (Å²) in [5, 5.41) is 24.4. The van der Waals surface area contributed by atoms with Crippen LogP contribution in [-0.2, 0) is 24.7 Å². The number of amides is 2. The number of carbonyl (C=O) groups excluding carboxylic acids is 2. The van der Waals surface area contributed by atoms with Gasteiger partial charge in [0.15, 0.2) is 5.16 Å². The molecule has 0 spiro atoms. The molecule has 3 aromatic rings. The molecule has 1 aromatic carbocycles. The number of nitriles is 1. The Hall–Kier alpha value is -3.16. The monoisotopic (exact) mass is 466 g/mol. The normalized spacial score (nSPS) is 12.7. The van der Waals surface area contributed by atoms with E-state index in [1.807, 2.05) is 31.2 Å². The fourth-order valence-corrected chi connectivity index (χ4v) is 5.56. The van der Waals surface area contributed by atoms with Gasteiger partial charge in [-0.1, -0.05) is 30.0 Å². The summed E-state index contributed by atoms with van der Waals surface area (Å²) in [6.07, 6.45) is 4.05. The second kappa shape index (κ2) is 9.54. The lowest BCUT2D eigenvalue weighted by Gasteiger charge is -2.09. The Kier molecular flexibility index (Phi) is 6.58. The Balaban J connectivity index is 1.39. The molecule has 0 atom stereocenters. The number of rotatable bonds is 6. The Morgan fingerprint density at radius 3 is 2.78 bits per heavy atom. The van der Waals surface area contributed by atoms with E-state index in [0.29, 0.717) is 21.4 Å². The van der Waals surface area contributed by atoms with Crippen LogP contribution < -0.4 is 10.6 Å². The van der Waals surface area contributed by atoms with Gasteiger partial charge in [0.25, 0.3) is 5.91 Å². The van der Waals surface area contributed by atoms with Crippen molar-refractivity contribution in [3.8, 4) is 6.07 Å². The van der Waals surface area contributed by atoms with E-state index in [0.717, 1.165) is 36.8 Å². The number of benzene rings is 1. The van der Waals surface area contributed by atoms with E-state index in [2.05, 4.69) is 26.9 Å². The number of nitrogens with one attached hydrogen (secondary N) is 2. The van der Waals surface area contributed by atoms with Crippen LogP contribution in [0.5, 0.6) is 0 Å². The molecule has 4 rings (SSSR count). The Morgan fingerprint density at radius 2 is 2.00 bits per heavy atom. The Morgan fingerprint density at radius 1 is 1.22 bits per heavy atom. The number of thioether (sulfide) groups is 1. The number of carbonyl (C=O) groups is 2. The summed E-state index contributed by atoms with van der Waals surface area (Å²) in [4.78, 5) is 26.3. The maximum absolute atomic E-state index is 12.6. The van der Waals surface area contributed by atoms with Crippen molar-refractivity contribution in [3.05, 3.63) is 51.7 Å². The zero-order valence-corrected chi connectivity index (χ0v) is 19.4. The number of hydrogen-bond acceptors (Lipinski definition) is 7. The molecule has 10 heteroatoms. The average Bonchev–Trinajstić information content (AvgIpc) is 3.33. The lowest BCUT2D eigenvalue weighted by molar-refractivity contribution is -0.113. The SMILES string of the molecule is Cc1ccccc1NC(=O)c1nnc(SCC(=O)Nc2sc3c(c2C#N)CCCC3)n1C. The second-order valence-electron chi connectivity index (χ2n) is 7.50. The Bertz CT molecular complexity index is 1220. The van der Waals surface area contributed by atoms with Gasteiger partial charge in [0.1, 0.15) is 11.1 Å². The van der Waals surface area contributed by atoms with Crippen LogP contribution in [0.4, 0.5) is 10.7 Å². The number of thiophene rings is 1. The lowest BCUT2D eigenvalue weighted by Crippen LogP contribution is -2.18. The van der Waals surface area contributed by atoms with Crippen LogP contribution in [0.15, 0.2) is 29.4 Å². The molecule has 0 saturated heterocycles. The highest BCUT2D eigenvalue weighted by atomic mass is 32.2. The zero-order chi connectivity index (χ0) is 22.7. The molecule has 2 aromatic heterocycles. The van der Waals surface area contributed by atoms with Crippen molar-refractivity contribution in [1.82, 2.24) is 14.8 Å². The fourth-order valence-electron chi connectivity index (χ4n) is 3.59. The minimum absolute atomic E-state index is 0.0961. The molecule has 2 heterocycles. The third kappa shape index (κ3) is 4.54. The molecular formula is C22H22N6O2S2. The summed E-state index contributed by atoms with van der Waals surface area (Å²) >= 11 is 2.69. The largest absolute Gasteiger partial charge is 0.319 e. The molecule has 32 heavy (non-hydrogen) atoms. The van der Waals surface area contributed by atoms with Crippen LogP contribution in [0, 0.1) is 18.3 Å². The number of aromatic nitrogens is 3. The summed E-state index contributed by atoms with van der Waals surface area (Å²) in [5.41, 5.74) is 3.34. The molecule has 2 N–H and O–H groups in total. The van der Waals surface area contributed by atoms with Gasteiger partial charge in [-0.25, -0.2) is 0 Å². The molecule has 1 aliphatic carbocycles. The number of nitrogens with zero attached hydrogens (tertiary/aromatic N) is 4. The van der Waals surface area contributed by atoms with E-state index >= 15 is 0 Å². The summed E-state index contributed by atoms with van der Waals surface area (Å²) in [6, 6.07) is 9.73. The number of anilines is 2. The molecule has 0 fully saturated rings. The molecular weight excluding hydrogens is 444 g/mol. The summed E-state index contributed by atoms with van der Waals surface area (Å²) in [7, 11) is 1.69. The minimum Gasteiger partial charge on any atom is -0.319 e. The van der Waals surface area contributed by atoms with Crippen molar-refractivity contribution in [1.29, 1.82) is 5.26 Å².